The standard InChI is InChI=1S/C29H32BrN7O/c1-19(25-18-35(2)14-15-38-25)36-12-10-21(11-13-36)27-26(30)28(31)37-29(34-27)23(17-33-37)22-8-9-24(32-16-22)20-6-4-3-5-7-20/h3-9,16-17,21,25H,1,10-15,18,31H2,2H3. The number of nitrogens with zero attached hydrogens (tertiary/aromatic N) is 6. The maximum Gasteiger partial charge on any atom is 0.165 e. The highest BCUT2D eigenvalue weighted by Gasteiger charge is 2.30. The zero-order valence-corrected chi connectivity index (χ0v) is 23.1. The number of rotatable bonds is 5. The van der Waals surface area contributed by atoms with Gasteiger partial charge in [0, 0.05) is 60.7 Å². The highest BCUT2D eigenvalue weighted by atomic mass is 79.9. The van der Waals surface area contributed by atoms with Crippen LogP contribution in [-0.2, 0) is 4.74 Å². The predicted octanol–water partition coefficient (Wildman–Crippen LogP) is 4.83. The molecule has 1 aromatic carbocycles. The summed E-state index contributed by atoms with van der Waals surface area (Å²) < 4.78 is 8.54. The Morgan fingerprint density at radius 2 is 1.84 bits per heavy atom. The first kappa shape index (κ1) is 25.0. The number of ether oxygens (including phenoxy) is 1. The summed E-state index contributed by atoms with van der Waals surface area (Å²) in [4.78, 5) is 14.5. The van der Waals surface area contributed by atoms with Crippen molar-refractivity contribution in [3.05, 3.63) is 77.3 Å². The number of nitrogens with two attached hydrogens (primary N) is 1. The molecule has 0 bridgehead atoms. The molecule has 0 saturated carbocycles. The molecule has 9 heteroatoms. The Hall–Kier alpha value is -3.27. The number of aromatic nitrogens is 4. The Balaban J connectivity index is 1.23. The van der Waals surface area contributed by atoms with E-state index in [1.165, 1.54) is 0 Å². The summed E-state index contributed by atoms with van der Waals surface area (Å²) in [6.07, 6.45) is 5.72. The Bertz CT molecular complexity index is 1450. The van der Waals surface area contributed by atoms with E-state index in [0.29, 0.717) is 5.82 Å². The fourth-order valence-corrected chi connectivity index (χ4v) is 6.02. The Morgan fingerprint density at radius 1 is 1.05 bits per heavy atom. The van der Waals surface area contributed by atoms with Crippen LogP contribution in [0.3, 0.4) is 0 Å². The number of pyridine rings is 1. The van der Waals surface area contributed by atoms with Gasteiger partial charge in [-0.3, -0.25) is 4.98 Å². The molecule has 6 rings (SSSR count). The van der Waals surface area contributed by atoms with Gasteiger partial charge in [-0.2, -0.15) is 9.61 Å². The number of hydrogen-bond acceptors (Lipinski definition) is 7. The van der Waals surface area contributed by atoms with E-state index in [1.54, 1.807) is 4.52 Å². The van der Waals surface area contributed by atoms with E-state index in [1.807, 2.05) is 36.7 Å². The van der Waals surface area contributed by atoms with Crippen LogP contribution in [0.1, 0.15) is 24.5 Å². The Kier molecular flexibility index (Phi) is 6.90. The second-order valence-corrected chi connectivity index (χ2v) is 11.0. The molecule has 38 heavy (non-hydrogen) atoms. The number of halogens is 1. The number of likely N-dealkylation sites (N-methyl/N-ethyl adjacent to an activating group) is 1. The van der Waals surface area contributed by atoms with Gasteiger partial charge >= 0.3 is 0 Å². The molecule has 2 saturated heterocycles. The van der Waals surface area contributed by atoms with E-state index < -0.39 is 0 Å². The van der Waals surface area contributed by atoms with Crippen LogP contribution < -0.4 is 5.73 Å². The lowest BCUT2D eigenvalue weighted by Gasteiger charge is -2.40. The van der Waals surface area contributed by atoms with Crippen molar-refractivity contribution in [2.24, 2.45) is 0 Å². The summed E-state index contributed by atoms with van der Waals surface area (Å²) in [5, 5.41) is 4.55. The number of fused-ring (bicyclic) bond motifs is 1. The molecule has 3 aromatic heterocycles. The topological polar surface area (TPSA) is 84.8 Å². The predicted molar refractivity (Wildman–Crippen MR) is 154 cm³/mol. The zero-order valence-electron chi connectivity index (χ0n) is 21.6. The molecular weight excluding hydrogens is 542 g/mol. The van der Waals surface area contributed by atoms with Crippen LogP contribution >= 0.6 is 15.9 Å². The molecule has 1 atom stereocenters. The van der Waals surface area contributed by atoms with Crippen molar-refractivity contribution in [3.63, 3.8) is 0 Å². The van der Waals surface area contributed by atoms with Crippen molar-refractivity contribution in [2.75, 3.05) is 45.6 Å². The minimum Gasteiger partial charge on any atom is -0.383 e. The molecule has 0 aliphatic carbocycles. The highest BCUT2D eigenvalue weighted by molar-refractivity contribution is 9.10. The molecule has 0 spiro atoms. The van der Waals surface area contributed by atoms with Crippen LogP contribution in [0.25, 0.3) is 28.0 Å². The maximum atomic E-state index is 6.56. The van der Waals surface area contributed by atoms with Gasteiger partial charge in [0.25, 0.3) is 0 Å². The second kappa shape index (κ2) is 10.5. The highest BCUT2D eigenvalue weighted by Crippen LogP contribution is 2.38. The normalized spacial score (nSPS) is 19.2. The first-order chi connectivity index (χ1) is 18.5. The van der Waals surface area contributed by atoms with Gasteiger partial charge in [-0.25, -0.2) is 4.98 Å². The quantitative estimate of drug-likeness (QED) is 0.366. The van der Waals surface area contributed by atoms with E-state index in [9.17, 15) is 0 Å². The molecule has 2 aliphatic heterocycles. The van der Waals surface area contributed by atoms with E-state index in [-0.39, 0.29) is 12.0 Å². The largest absolute Gasteiger partial charge is 0.383 e. The van der Waals surface area contributed by atoms with Crippen molar-refractivity contribution in [1.82, 2.24) is 29.4 Å². The van der Waals surface area contributed by atoms with Gasteiger partial charge in [-0.1, -0.05) is 43.0 Å². The molecule has 2 fully saturated rings. The summed E-state index contributed by atoms with van der Waals surface area (Å²) in [5.41, 5.74) is 13.3. The monoisotopic (exact) mass is 573 g/mol. The van der Waals surface area contributed by atoms with Crippen molar-refractivity contribution in [3.8, 4) is 22.4 Å². The van der Waals surface area contributed by atoms with Gasteiger partial charge in [-0.15, -0.1) is 0 Å². The van der Waals surface area contributed by atoms with Crippen LogP contribution in [0.15, 0.2) is 71.6 Å². The van der Waals surface area contributed by atoms with Crippen molar-refractivity contribution in [2.45, 2.75) is 24.9 Å². The number of morpholine rings is 1. The van der Waals surface area contributed by atoms with Gasteiger partial charge in [0.05, 0.1) is 28.7 Å². The van der Waals surface area contributed by atoms with Crippen LogP contribution in [0.5, 0.6) is 0 Å². The molecule has 1 unspecified atom stereocenters. The fraction of sp³-hybridized carbons (Fsp3) is 0.345. The minimum absolute atomic E-state index is 0.0680. The molecular formula is C29H32BrN7O. The lowest BCUT2D eigenvalue weighted by molar-refractivity contribution is -0.0144. The Labute approximate surface area is 231 Å². The first-order valence-electron chi connectivity index (χ1n) is 13.1. The average Bonchev–Trinajstić information content (AvgIpc) is 3.39. The first-order valence-corrected chi connectivity index (χ1v) is 13.9. The second-order valence-electron chi connectivity index (χ2n) is 10.2. The van der Waals surface area contributed by atoms with Crippen LogP contribution in [0.4, 0.5) is 5.82 Å². The van der Waals surface area contributed by atoms with Crippen molar-refractivity contribution >= 4 is 27.4 Å². The summed E-state index contributed by atoms with van der Waals surface area (Å²) >= 11 is 3.73. The van der Waals surface area contributed by atoms with Gasteiger partial charge in [0.15, 0.2) is 5.65 Å². The Morgan fingerprint density at radius 3 is 2.55 bits per heavy atom. The van der Waals surface area contributed by atoms with Gasteiger partial charge in [0.2, 0.25) is 0 Å². The number of benzene rings is 1. The number of piperidine rings is 1. The van der Waals surface area contributed by atoms with E-state index in [0.717, 1.165) is 89.5 Å². The van der Waals surface area contributed by atoms with Crippen molar-refractivity contribution in [1.29, 1.82) is 0 Å². The number of nitrogen functional groups attached to an aromatic ring is 1. The third-order valence-electron chi connectivity index (χ3n) is 7.72. The van der Waals surface area contributed by atoms with Gasteiger partial charge in [0.1, 0.15) is 11.9 Å². The molecule has 196 valence electrons. The number of hydrogen-bond donors (Lipinski definition) is 1. The zero-order chi connectivity index (χ0) is 26.2. The molecule has 2 N–H and O–H groups in total. The van der Waals surface area contributed by atoms with Crippen LogP contribution in [-0.4, -0.2) is 75.3 Å². The van der Waals surface area contributed by atoms with Crippen LogP contribution in [0.2, 0.25) is 0 Å². The number of anilines is 1. The molecule has 5 heterocycles. The van der Waals surface area contributed by atoms with Gasteiger partial charge < -0.3 is 20.3 Å². The third-order valence-corrected chi connectivity index (χ3v) is 8.53. The van der Waals surface area contributed by atoms with E-state index >= 15 is 0 Å². The number of likely N-dealkylation sites (tertiary alicyclic amines) is 1. The summed E-state index contributed by atoms with van der Waals surface area (Å²) in [5.74, 6) is 0.854. The average molecular weight is 575 g/mol. The lowest BCUT2D eigenvalue weighted by Crippen LogP contribution is -2.45. The van der Waals surface area contributed by atoms with Gasteiger partial charge in [-0.05, 0) is 41.9 Å². The van der Waals surface area contributed by atoms with Crippen LogP contribution in [0, 0.1) is 0 Å². The summed E-state index contributed by atoms with van der Waals surface area (Å²) in [7, 11) is 2.14. The smallest absolute Gasteiger partial charge is 0.165 e. The molecule has 4 aromatic rings. The minimum atomic E-state index is 0.0680. The fourth-order valence-electron chi connectivity index (χ4n) is 5.44. The molecule has 2 aliphatic rings. The van der Waals surface area contributed by atoms with E-state index in [2.05, 4.69) is 62.7 Å². The lowest BCUT2D eigenvalue weighted by atomic mass is 9.92. The molecule has 8 nitrogen and oxygen atoms in total. The van der Waals surface area contributed by atoms with Crippen molar-refractivity contribution < 1.29 is 4.74 Å². The summed E-state index contributed by atoms with van der Waals surface area (Å²) in [6, 6.07) is 14.3. The SMILES string of the molecule is C=C(C1CN(C)CCO1)N1CCC(c2nc3c(-c4ccc(-c5ccccc5)nc4)cnn3c(N)c2Br)CC1. The van der Waals surface area contributed by atoms with E-state index in [4.69, 9.17) is 20.4 Å². The molecule has 0 radical (unpaired) electrons. The maximum absolute atomic E-state index is 6.56. The summed E-state index contributed by atoms with van der Waals surface area (Å²) in [6.45, 7) is 8.84. The third kappa shape index (κ3) is 4.70. The molecule has 0 amide bonds.